The predicted octanol–water partition coefficient (Wildman–Crippen LogP) is 3.21. The number of benzene rings is 1. The molecule has 3 heteroatoms. The average Bonchev–Trinajstić information content (AvgIpc) is 2.54. The number of anilines is 1. The Morgan fingerprint density at radius 2 is 1.68 bits per heavy atom. The summed E-state index contributed by atoms with van der Waals surface area (Å²) in [6.45, 7) is 4.55. The van der Waals surface area contributed by atoms with Crippen molar-refractivity contribution in [3.8, 4) is 11.1 Å². The lowest BCUT2D eigenvalue weighted by atomic mass is 9.77. The van der Waals surface area contributed by atoms with E-state index in [9.17, 15) is 9.59 Å². The molecule has 2 aromatic carbocycles. The molecule has 1 aliphatic carbocycles. The van der Waals surface area contributed by atoms with Gasteiger partial charge in [0, 0.05) is 13.1 Å². The summed E-state index contributed by atoms with van der Waals surface area (Å²) in [7, 11) is 1.97. The van der Waals surface area contributed by atoms with Gasteiger partial charge in [0.15, 0.2) is 0 Å². The Morgan fingerprint density at radius 3 is 2.36 bits per heavy atom. The van der Waals surface area contributed by atoms with Gasteiger partial charge in [0.1, 0.15) is 5.69 Å². The number of hydrogen-bond donors (Lipinski definition) is 0. The van der Waals surface area contributed by atoms with Gasteiger partial charge < -0.3 is 4.90 Å². The van der Waals surface area contributed by atoms with Crippen molar-refractivity contribution in [3.63, 3.8) is 0 Å². The van der Waals surface area contributed by atoms with Crippen LogP contribution >= 0.6 is 0 Å². The summed E-state index contributed by atoms with van der Waals surface area (Å²) < 4.78 is 0. The van der Waals surface area contributed by atoms with Gasteiger partial charge in [0.25, 0.3) is 0 Å². The molecule has 0 aromatic heterocycles. The summed E-state index contributed by atoms with van der Waals surface area (Å²) in [6, 6.07) is 9.88. The standard InChI is InChI=1S/C19H23NO2/c1-12-8-7-11-15(13(12)2)20(3)17-16(18(21)19(17)22)14-9-5-4-6-10-14/h4-6,9-10,12-13,15H,7-8,11H2,1-3H3/t12-,13+,15-/m1/s1. The molecule has 0 aliphatic heterocycles. The van der Waals surface area contributed by atoms with Crippen molar-refractivity contribution in [2.75, 3.05) is 11.9 Å². The van der Waals surface area contributed by atoms with Gasteiger partial charge in [-0.2, -0.15) is 0 Å². The molecule has 3 atom stereocenters. The maximum Gasteiger partial charge on any atom is 0.250 e. The second-order valence-electron chi connectivity index (χ2n) is 6.69. The van der Waals surface area contributed by atoms with Gasteiger partial charge in [-0.05, 0) is 23.8 Å². The van der Waals surface area contributed by atoms with E-state index >= 15 is 0 Å². The van der Waals surface area contributed by atoms with E-state index in [1.165, 1.54) is 12.8 Å². The summed E-state index contributed by atoms with van der Waals surface area (Å²) >= 11 is 0. The van der Waals surface area contributed by atoms with Gasteiger partial charge in [0.2, 0.25) is 10.9 Å². The Kier molecular flexibility index (Phi) is 3.90. The first-order valence-electron chi connectivity index (χ1n) is 8.14. The van der Waals surface area contributed by atoms with Gasteiger partial charge in [-0.25, -0.2) is 0 Å². The van der Waals surface area contributed by atoms with Crippen LogP contribution in [0, 0.1) is 11.8 Å². The second kappa shape index (κ2) is 5.71. The Balaban J connectivity index is 1.98. The molecule has 1 fully saturated rings. The van der Waals surface area contributed by atoms with E-state index in [1.54, 1.807) is 0 Å². The molecule has 0 N–H and O–H groups in total. The highest BCUT2D eigenvalue weighted by Gasteiger charge is 2.34. The Morgan fingerprint density at radius 1 is 1.00 bits per heavy atom. The minimum Gasteiger partial charge on any atom is -0.367 e. The third-order valence-corrected chi connectivity index (χ3v) is 5.46. The second-order valence-corrected chi connectivity index (χ2v) is 6.69. The fourth-order valence-electron chi connectivity index (χ4n) is 3.85. The fraction of sp³-hybridized carbons (Fsp3) is 0.474. The van der Waals surface area contributed by atoms with Crippen molar-refractivity contribution in [1.29, 1.82) is 0 Å². The van der Waals surface area contributed by atoms with Gasteiger partial charge in [0.05, 0.1) is 5.56 Å². The van der Waals surface area contributed by atoms with E-state index in [4.69, 9.17) is 0 Å². The Hall–Kier alpha value is -1.90. The predicted molar refractivity (Wildman–Crippen MR) is 91.2 cm³/mol. The van der Waals surface area contributed by atoms with E-state index < -0.39 is 0 Å². The maximum absolute atomic E-state index is 12.2. The average molecular weight is 297 g/mol. The first kappa shape index (κ1) is 15.0. The van der Waals surface area contributed by atoms with E-state index in [2.05, 4.69) is 18.7 Å². The van der Waals surface area contributed by atoms with Crippen molar-refractivity contribution in [2.45, 2.75) is 39.2 Å². The van der Waals surface area contributed by atoms with Crippen LogP contribution in [0.1, 0.15) is 33.1 Å². The Bertz CT molecular complexity index is 728. The molecule has 1 saturated carbocycles. The Labute approximate surface area is 131 Å². The third kappa shape index (κ3) is 2.29. The molecule has 116 valence electrons. The van der Waals surface area contributed by atoms with Crippen molar-refractivity contribution < 1.29 is 0 Å². The van der Waals surface area contributed by atoms with Crippen LogP contribution in [0.3, 0.4) is 0 Å². The van der Waals surface area contributed by atoms with Crippen molar-refractivity contribution in [3.05, 3.63) is 50.8 Å². The normalized spacial score (nSPS) is 25.3. The molecule has 2 aromatic rings. The number of nitrogens with zero attached hydrogens (tertiary/aromatic N) is 1. The van der Waals surface area contributed by atoms with Crippen molar-refractivity contribution in [2.24, 2.45) is 11.8 Å². The third-order valence-electron chi connectivity index (χ3n) is 5.46. The van der Waals surface area contributed by atoms with Crippen LogP contribution in [0.2, 0.25) is 0 Å². The molecule has 0 unspecified atom stereocenters. The van der Waals surface area contributed by atoms with Gasteiger partial charge in [-0.3, -0.25) is 9.59 Å². The van der Waals surface area contributed by atoms with Crippen LogP contribution < -0.4 is 15.8 Å². The molecular weight excluding hydrogens is 274 g/mol. The monoisotopic (exact) mass is 297 g/mol. The summed E-state index contributed by atoms with van der Waals surface area (Å²) in [5.74, 6) is 1.19. The summed E-state index contributed by atoms with van der Waals surface area (Å²) in [6.07, 6.45) is 3.54. The lowest BCUT2D eigenvalue weighted by molar-refractivity contribution is 0.234. The molecule has 22 heavy (non-hydrogen) atoms. The summed E-state index contributed by atoms with van der Waals surface area (Å²) in [4.78, 5) is 26.3. The highest BCUT2D eigenvalue weighted by Crippen LogP contribution is 2.36. The molecule has 3 nitrogen and oxygen atoms in total. The van der Waals surface area contributed by atoms with E-state index in [1.807, 2.05) is 37.4 Å². The van der Waals surface area contributed by atoms with Crippen LogP contribution in [-0.2, 0) is 0 Å². The first-order valence-corrected chi connectivity index (χ1v) is 8.14. The van der Waals surface area contributed by atoms with E-state index in [0.29, 0.717) is 29.1 Å². The van der Waals surface area contributed by atoms with Crippen LogP contribution in [0.5, 0.6) is 0 Å². The number of rotatable bonds is 3. The maximum atomic E-state index is 12.2. The summed E-state index contributed by atoms with van der Waals surface area (Å²) in [5.41, 5.74) is 1.39. The highest BCUT2D eigenvalue weighted by atomic mass is 16.2. The number of hydrogen-bond acceptors (Lipinski definition) is 3. The molecule has 0 spiro atoms. The van der Waals surface area contributed by atoms with Gasteiger partial charge >= 0.3 is 0 Å². The topological polar surface area (TPSA) is 37.4 Å². The largest absolute Gasteiger partial charge is 0.367 e. The van der Waals surface area contributed by atoms with Gasteiger partial charge in [-0.1, -0.05) is 57.0 Å². The minimum absolute atomic E-state index is 0.327. The highest BCUT2D eigenvalue weighted by molar-refractivity contribution is 5.82. The van der Waals surface area contributed by atoms with Crippen LogP contribution in [-0.4, -0.2) is 13.1 Å². The zero-order chi connectivity index (χ0) is 15.9. The quantitative estimate of drug-likeness (QED) is 0.816. The molecule has 0 radical (unpaired) electrons. The molecule has 0 heterocycles. The van der Waals surface area contributed by atoms with Crippen molar-refractivity contribution in [1.82, 2.24) is 0 Å². The van der Waals surface area contributed by atoms with Crippen LogP contribution in [0.4, 0.5) is 5.69 Å². The molecular formula is C19H23NO2. The smallest absolute Gasteiger partial charge is 0.250 e. The van der Waals surface area contributed by atoms with Crippen molar-refractivity contribution >= 4 is 5.69 Å². The molecule has 0 amide bonds. The minimum atomic E-state index is -0.343. The molecule has 1 aliphatic rings. The van der Waals surface area contributed by atoms with Gasteiger partial charge in [-0.15, -0.1) is 0 Å². The fourth-order valence-corrected chi connectivity index (χ4v) is 3.85. The first-order chi connectivity index (χ1) is 10.5. The molecule has 0 saturated heterocycles. The lowest BCUT2D eigenvalue weighted by Gasteiger charge is -2.41. The zero-order valence-corrected chi connectivity index (χ0v) is 13.5. The lowest BCUT2D eigenvalue weighted by Crippen LogP contribution is -2.48. The molecule has 3 rings (SSSR count). The SMILES string of the molecule is C[C@H]1[C@H](C)CCC[C@H]1N(C)c1c(-c2ccccc2)c(=O)c1=O. The molecule has 0 bridgehead atoms. The van der Waals surface area contributed by atoms with E-state index in [-0.39, 0.29) is 10.9 Å². The summed E-state index contributed by atoms with van der Waals surface area (Å²) in [5, 5.41) is 0. The van der Waals surface area contributed by atoms with Crippen LogP contribution in [0.15, 0.2) is 39.9 Å². The zero-order valence-electron chi connectivity index (χ0n) is 13.5. The van der Waals surface area contributed by atoms with Crippen LogP contribution in [0.25, 0.3) is 11.1 Å². The van der Waals surface area contributed by atoms with E-state index in [0.717, 1.165) is 12.0 Å².